The molecule has 0 bridgehead atoms. The van der Waals surface area contributed by atoms with Crippen molar-refractivity contribution >= 4 is 12.0 Å². The number of urea groups is 1. The van der Waals surface area contributed by atoms with Crippen molar-refractivity contribution in [2.45, 2.75) is 26.3 Å². The number of nitrogens with one attached hydrogen (secondary N) is 1. The summed E-state index contributed by atoms with van der Waals surface area (Å²) in [6, 6.07) is -0.115. The molecule has 1 aliphatic rings. The number of likely N-dealkylation sites (tertiary alicyclic amines) is 1. The van der Waals surface area contributed by atoms with Gasteiger partial charge < -0.3 is 14.9 Å². The van der Waals surface area contributed by atoms with Gasteiger partial charge in [0.05, 0.1) is 12.5 Å². The van der Waals surface area contributed by atoms with Gasteiger partial charge in [-0.15, -0.1) is 0 Å². The molecule has 8 nitrogen and oxygen atoms in total. The summed E-state index contributed by atoms with van der Waals surface area (Å²) < 4.78 is 0. The van der Waals surface area contributed by atoms with Gasteiger partial charge in [0.1, 0.15) is 5.82 Å². The highest BCUT2D eigenvalue weighted by molar-refractivity contribution is 5.75. The largest absolute Gasteiger partial charge is 0.481 e. The fraction of sp³-hybridized carbons (Fsp3) is 0.667. The van der Waals surface area contributed by atoms with Crippen molar-refractivity contribution in [3.63, 3.8) is 0 Å². The lowest BCUT2D eigenvalue weighted by atomic mass is 9.97. The van der Waals surface area contributed by atoms with E-state index < -0.39 is 5.97 Å². The molecule has 8 heteroatoms. The molecule has 1 saturated heterocycles. The normalized spacial score (nSPS) is 16.2. The Balaban J connectivity index is 1.86. The Morgan fingerprint density at radius 1 is 1.45 bits per heavy atom. The molecule has 2 heterocycles. The van der Waals surface area contributed by atoms with E-state index in [2.05, 4.69) is 15.2 Å². The van der Waals surface area contributed by atoms with Crippen molar-refractivity contribution in [3.8, 4) is 0 Å². The van der Waals surface area contributed by atoms with E-state index in [9.17, 15) is 9.59 Å². The van der Waals surface area contributed by atoms with Crippen molar-refractivity contribution in [2.24, 2.45) is 5.92 Å². The standard InChI is InChI=1S/C12H19N5O3/c1-8-13-10(15-14-8)7-16(2)12(20)17-5-3-9(4-6-17)11(18)19/h9H,3-7H2,1-2H3,(H,18,19)(H,13,14,15). The summed E-state index contributed by atoms with van der Waals surface area (Å²) >= 11 is 0. The van der Waals surface area contributed by atoms with Crippen molar-refractivity contribution in [3.05, 3.63) is 11.6 Å². The van der Waals surface area contributed by atoms with E-state index in [0.717, 1.165) is 0 Å². The maximum Gasteiger partial charge on any atom is 0.320 e. The van der Waals surface area contributed by atoms with Crippen LogP contribution in [0, 0.1) is 12.8 Å². The molecule has 0 aliphatic carbocycles. The summed E-state index contributed by atoms with van der Waals surface area (Å²) in [5.41, 5.74) is 0. The van der Waals surface area contributed by atoms with Crippen LogP contribution in [0.5, 0.6) is 0 Å². The number of hydrogen-bond acceptors (Lipinski definition) is 4. The maximum absolute atomic E-state index is 12.2. The second-order valence-electron chi connectivity index (χ2n) is 5.08. The van der Waals surface area contributed by atoms with Crippen LogP contribution in [0.2, 0.25) is 0 Å². The number of aryl methyl sites for hydroxylation is 1. The minimum Gasteiger partial charge on any atom is -0.481 e. The number of piperidine rings is 1. The van der Waals surface area contributed by atoms with E-state index in [1.807, 2.05) is 0 Å². The van der Waals surface area contributed by atoms with Gasteiger partial charge in [0.2, 0.25) is 0 Å². The number of aliphatic carboxylic acids is 1. The molecule has 1 aromatic rings. The number of rotatable bonds is 3. The van der Waals surface area contributed by atoms with Crippen LogP contribution in [0.25, 0.3) is 0 Å². The Hall–Kier alpha value is -2.12. The predicted molar refractivity (Wildman–Crippen MR) is 69.9 cm³/mol. The van der Waals surface area contributed by atoms with Crippen LogP contribution in [-0.4, -0.2) is 62.2 Å². The lowest BCUT2D eigenvalue weighted by Gasteiger charge is -2.32. The van der Waals surface area contributed by atoms with E-state index in [4.69, 9.17) is 5.11 Å². The molecule has 1 aliphatic heterocycles. The zero-order valence-electron chi connectivity index (χ0n) is 11.7. The second kappa shape index (κ2) is 5.89. The SMILES string of the molecule is Cc1nc(CN(C)C(=O)N2CCC(C(=O)O)CC2)n[nH]1. The topological polar surface area (TPSA) is 102 Å². The van der Waals surface area contributed by atoms with Gasteiger partial charge in [0.15, 0.2) is 5.82 Å². The van der Waals surface area contributed by atoms with Crippen LogP contribution in [0.15, 0.2) is 0 Å². The summed E-state index contributed by atoms with van der Waals surface area (Å²) in [7, 11) is 1.69. The minimum atomic E-state index is -0.776. The van der Waals surface area contributed by atoms with Crippen LogP contribution in [0.4, 0.5) is 4.79 Å². The predicted octanol–water partition coefficient (Wildman–Crippen LogP) is 0.462. The van der Waals surface area contributed by atoms with Gasteiger partial charge in [-0.2, -0.15) is 5.10 Å². The number of carboxylic acid groups (broad SMARTS) is 1. The summed E-state index contributed by atoms with van der Waals surface area (Å²) in [6.07, 6.45) is 1.02. The lowest BCUT2D eigenvalue weighted by molar-refractivity contribution is -0.143. The zero-order valence-corrected chi connectivity index (χ0v) is 11.7. The highest BCUT2D eigenvalue weighted by Crippen LogP contribution is 2.18. The van der Waals surface area contributed by atoms with Crippen molar-refractivity contribution < 1.29 is 14.7 Å². The summed E-state index contributed by atoms with van der Waals surface area (Å²) in [5, 5.41) is 15.7. The maximum atomic E-state index is 12.2. The molecule has 2 rings (SSSR count). The molecule has 2 N–H and O–H groups in total. The highest BCUT2D eigenvalue weighted by atomic mass is 16.4. The van der Waals surface area contributed by atoms with Crippen LogP contribution in [-0.2, 0) is 11.3 Å². The number of carboxylic acids is 1. The molecule has 2 amide bonds. The molecule has 0 unspecified atom stereocenters. The average molecular weight is 281 g/mol. The molecule has 0 spiro atoms. The average Bonchev–Trinajstić information content (AvgIpc) is 2.83. The Bertz CT molecular complexity index is 493. The monoisotopic (exact) mass is 281 g/mol. The number of nitrogens with zero attached hydrogens (tertiary/aromatic N) is 4. The highest BCUT2D eigenvalue weighted by Gasteiger charge is 2.28. The summed E-state index contributed by atoms with van der Waals surface area (Å²) in [6.45, 7) is 3.09. The van der Waals surface area contributed by atoms with E-state index >= 15 is 0 Å². The van der Waals surface area contributed by atoms with Crippen LogP contribution >= 0.6 is 0 Å². The van der Waals surface area contributed by atoms with E-state index in [0.29, 0.717) is 44.1 Å². The van der Waals surface area contributed by atoms with Crippen LogP contribution < -0.4 is 0 Å². The quantitative estimate of drug-likeness (QED) is 0.838. The van der Waals surface area contributed by atoms with Gasteiger partial charge in [-0.3, -0.25) is 9.89 Å². The number of aromatic nitrogens is 3. The first-order chi connectivity index (χ1) is 9.47. The van der Waals surface area contributed by atoms with Gasteiger partial charge in [0.25, 0.3) is 0 Å². The first-order valence-corrected chi connectivity index (χ1v) is 6.58. The van der Waals surface area contributed by atoms with E-state index in [1.54, 1.807) is 23.8 Å². The van der Waals surface area contributed by atoms with Crippen molar-refractivity contribution in [2.75, 3.05) is 20.1 Å². The first-order valence-electron chi connectivity index (χ1n) is 6.58. The molecule has 20 heavy (non-hydrogen) atoms. The molecule has 0 aromatic carbocycles. The molecule has 1 aromatic heterocycles. The van der Waals surface area contributed by atoms with Gasteiger partial charge in [-0.05, 0) is 19.8 Å². The Morgan fingerprint density at radius 2 is 2.10 bits per heavy atom. The number of amides is 2. The smallest absolute Gasteiger partial charge is 0.320 e. The number of aromatic amines is 1. The van der Waals surface area contributed by atoms with E-state index in [1.165, 1.54) is 0 Å². The van der Waals surface area contributed by atoms with Crippen LogP contribution in [0.1, 0.15) is 24.5 Å². The molecule has 0 radical (unpaired) electrons. The molecular weight excluding hydrogens is 262 g/mol. The molecule has 110 valence electrons. The third-order valence-corrected chi connectivity index (χ3v) is 3.46. The second-order valence-corrected chi connectivity index (χ2v) is 5.08. The fourth-order valence-electron chi connectivity index (χ4n) is 2.30. The molecule has 0 atom stereocenters. The Labute approximate surface area is 116 Å². The fourth-order valence-corrected chi connectivity index (χ4v) is 2.30. The number of carbonyl (C=O) groups is 2. The van der Waals surface area contributed by atoms with Gasteiger partial charge in [0, 0.05) is 20.1 Å². The summed E-state index contributed by atoms with van der Waals surface area (Å²) in [5.74, 6) is 0.170. The van der Waals surface area contributed by atoms with Gasteiger partial charge in [-0.1, -0.05) is 0 Å². The Kier molecular flexibility index (Phi) is 4.21. The van der Waals surface area contributed by atoms with E-state index in [-0.39, 0.29) is 11.9 Å². The van der Waals surface area contributed by atoms with Crippen LogP contribution in [0.3, 0.4) is 0 Å². The lowest BCUT2D eigenvalue weighted by Crippen LogP contribution is -2.46. The Morgan fingerprint density at radius 3 is 2.60 bits per heavy atom. The minimum absolute atomic E-state index is 0.115. The molecular formula is C12H19N5O3. The molecule has 1 fully saturated rings. The third-order valence-electron chi connectivity index (χ3n) is 3.46. The van der Waals surface area contributed by atoms with Crippen molar-refractivity contribution in [1.82, 2.24) is 25.0 Å². The number of carbonyl (C=O) groups excluding carboxylic acids is 1. The van der Waals surface area contributed by atoms with Crippen molar-refractivity contribution in [1.29, 1.82) is 0 Å². The molecule has 0 saturated carbocycles. The third kappa shape index (κ3) is 3.25. The van der Waals surface area contributed by atoms with Gasteiger partial charge in [-0.25, -0.2) is 9.78 Å². The number of hydrogen-bond donors (Lipinski definition) is 2. The zero-order chi connectivity index (χ0) is 14.7. The first kappa shape index (κ1) is 14.3. The summed E-state index contributed by atoms with van der Waals surface area (Å²) in [4.78, 5) is 30.5. The van der Waals surface area contributed by atoms with Gasteiger partial charge >= 0.3 is 12.0 Å². The number of H-pyrrole nitrogens is 1.